The maximum Gasteiger partial charge on any atom is 0.286 e. The summed E-state index contributed by atoms with van der Waals surface area (Å²) in [6.07, 6.45) is 7.80. The second-order valence-electron chi connectivity index (χ2n) is 6.52. The number of carbonyl (C=O) groups is 1. The molecule has 1 aromatic carbocycles. The van der Waals surface area contributed by atoms with Crippen LogP contribution in [0.2, 0.25) is 5.02 Å². The maximum absolute atomic E-state index is 12.3. The Kier molecular flexibility index (Phi) is 6.39. The minimum atomic E-state index is -0.233. The van der Waals surface area contributed by atoms with Gasteiger partial charge in [-0.25, -0.2) is 0 Å². The van der Waals surface area contributed by atoms with Crippen molar-refractivity contribution in [3.05, 3.63) is 39.3 Å². The van der Waals surface area contributed by atoms with Crippen molar-refractivity contribution in [2.75, 3.05) is 12.4 Å². The van der Waals surface area contributed by atoms with Crippen LogP contribution in [0.1, 0.15) is 53.3 Å². The molecule has 0 atom stereocenters. The zero-order valence-corrected chi connectivity index (χ0v) is 15.9. The van der Waals surface area contributed by atoms with Crippen molar-refractivity contribution in [3.8, 4) is 0 Å². The molecule has 5 nitrogen and oxygen atoms in total. The Morgan fingerprint density at radius 2 is 1.88 bits per heavy atom. The van der Waals surface area contributed by atoms with E-state index in [1.165, 1.54) is 49.9 Å². The van der Waals surface area contributed by atoms with Crippen LogP contribution in [0, 0.1) is 0 Å². The number of anilines is 1. The van der Waals surface area contributed by atoms with Gasteiger partial charge < -0.3 is 5.32 Å². The Bertz CT molecular complexity index is 695. The molecule has 1 aliphatic rings. The van der Waals surface area contributed by atoms with Crippen LogP contribution in [0.5, 0.6) is 0 Å². The summed E-state index contributed by atoms with van der Waals surface area (Å²) in [6.45, 7) is 0.747. The highest BCUT2D eigenvalue weighted by Crippen LogP contribution is 2.23. The van der Waals surface area contributed by atoms with E-state index in [4.69, 9.17) is 11.6 Å². The molecule has 1 aliphatic carbocycles. The summed E-state index contributed by atoms with van der Waals surface area (Å²) >= 11 is 7.21. The van der Waals surface area contributed by atoms with Gasteiger partial charge in [-0.2, -0.15) is 0 Å². The Morgan fingerprint density at radius 3 is 2.56 bits per heavy atom. The van der Waals surface area contributed by atoms with Gasteiger partial charge in [-0.3, -0.25) is 9.69 Å². The zero-order chi connectivity index (χ0) is 17.6. The molecule has 3 rings (SSSR count). The van der Waals surface area contributed by atoms with Gasteiger partial charge in [-0.15, -0.1) is 10.2 Å². The smallest absolute Gasteiger partial charge is 0.286 e. The number of amides is 1. The number of hydrogen-bond acceptors (Lipinski definition) is 5. The molecule has 1 N–H and O–H groups in total. The quantitative estimate of drug-likeness (QED) is 0.772. The fraction of sp³-hybridized carbons (Fsp3) is 0.500. The average molecular weight is 379 g/mol. The van der Waals surface area contributed by atoms with Crippen LogP contribution in [0.4, 0.5) is 5.69 Å². The Hall–Kier alpha value is -1.50. The lowest BCUT2D eigenvalue weighted by molar-refractivity contribution is 0.102. The largest absolute Gasteiger partial charge is 0.320 e. The molecule has 0 spiro atoms. The summed E-state index contributed by atoms with van der Waals surface area (Å²) in [5.41, 5.74) is 0.696. The molecule has 0 saturated heterocycles. The van der Waals surface area contributed by atoms with Crippen LogP contribution in [-0.4, -0.2) is 34.1 Å². The van der Waals surface area contributed by atoms with Crippen molar-refractivity contribution in [2.24, 2.45) is 0 Å². The topological polar surface area (TPSA) is 58.1 Å². The van der Waals surface area contributed by atoms with Gasteiger partial charge in [0.05, 0.1) is 6.54 Å². The number of hydrogen-bond donors (Lipinski definition) is 1. The van der Waals surface area contributed by atoms with E-state index in [9.17, 15) is 4.79 Å². The van der Waals surface area contributed by atoms with Crippen molar-refractivity contribution >= 4 is 34.5 Å². The van der Waals surface area contributed by atoms with Gasteiger partial charge in [0.2, 0.25) is 5.01 Å². The highest BCUT2D eigenvalue weighted by molar-refractivity contribution is 7.13. The molecular weight excluding hydrogens is 356 g/mol. The molecule has 1 saturated carbocycles. The standard InChI is InChI=1S/C18H23ClN4OS/c1-23(15-6-4-2-3-5-7-15)12-16-21-22-18(25-16)17(24)20-14-10-8-13(19)9-11-14/h8-11,15H,2-7,12H2,1H3,(H,20,24). The van der Waals surface area contributed by atoms with Gasteiger partial charge in [0.1, 0.15) is 5.01 Å². The second kappa shape index (κ2) is 8.74. The molecule has 25 heavy (non-hydrogen) atoms. The number of carbonyl (C=O) groups excluding carboxylic acids is 1. The van der Waals surface area contributed by atoms with Crippen LogP contribution >= 0.6 is 22.9 Å². The molecule has 0 radical (unpaired) electrons. The second-order valence-corrected chi connectivity index (χ2v) is 8.02. The normalized spacial score (nSPS) is 16.0. The highest BCUT2D eigenvalue weighted by Gasteiger charge is 2.19. The molecule has 0 aliphatic heterocycles. The van der Waals surface area contributed by atoms with E-state index in [2.05, 4.69) is 27.5 Å². The van der Waals surface area contributed by atoms with Crippen LogP contribution in [0.15, 0.2) is 24.3 Å². The number of halogens is 1. The molecule has 0 unspecified atom stereocenters. The third kappa shape index (κ3) is 5.23. The maximum atomic E-state index is 12.3. The van der Waals surface area contributed by atoms with E-state index >= 15 is 0 Å². The Morgan fingerprint density at radius 1 is 1.20 bits per heavy atom. The Balaban J connectivity index is 1.57. The van der Waals surface area contributed by atoms with Crippen molar-refractivity contribution in [1.29, 1.82) is 0 Å². The fourth-order valence-electron chi connectivity index (χ4n) is 3.17. The molecule has 1 aromatic heterocycles. The molecule has 7 heteroatoms. The van der Waals surface area contributed by atoms with E-state index < -0.39 is 0 Å². The van der Waals surface area contributed by atoms with Gasteiger partial charge >= 0.3 is 0 Å². The van der Waals surface area contributed by atoms with Crippen LogP contribution in [0.25, 0.3) is 0 Å². The monoisotopic (exact) mass is 378 g/mol. The van der Waals surface area contributed by atoms with E-state index in [1.807, 2.05) is 0 Å². The lowest BCUT2D eigenvalue weighted by Crippen LogP contribution is -2.30. The van der Waals surface area contributed by atoms with Gasteiger partial charge in [0, 0.05) is 16.8 Å². The molecule has 1 heterocycles. The van der Waals surface area contributed by atoms with Crippen LogP contribution in [0.3, 0.4) is 0 Å². The van der Waals surface area contributed by atoms with Crippen molar-refractivity contribution < 1.29 is 4.79 Å². The minimum absolute atomic E-state index is 0.233. The number of aromatic nitrogens is 2. The summed E-state index contributed by atoms with van der Waals surface area (Å²) in [5.74, 6) is -0.233. The summed E-state index contributed by atoms with van der Waals surface area (Å²) < 4.78 is 0. The van der Waals surface area contributed by atoms with Crippen LogP contribution < -0.4 is 5.32 Å². The number of benzene rings is 1. The first-order valence-corrected chi connectivity index (χ1v) is 9.91. The van der Waals surface area contributed by atoms with Crippen molar-refractivity contribution in [2.45, 2.75) is 51.1 Å². The van der Waals surface area contributed by atoms with Crippen LogP contribution in [-0.2, 0) is 6.54 Å². The van der Waals surface area contributed by atoms with Gasteiger partial charge in [0.25, 0.3) is 5.91 Å². The number of nitrogens with one attached hydrogen (secondary N) is 1. The summed E-state index contributed by atoms with van der Waals surface area (Å²) in [5, 5.41) is 13.0. The van der Waals surface area contributed by atoms with Crippen molar-refractivity contribution in [3.63, 3.8) is 0 Å². The molecular formula is C18H23ClN4OS. The predicted octanol–water partition coefficient (Wildman–Crippen LogP) is 4.60. The van der Waals surface area contributed by atoms with E-state index in [0.29, 0.717) is 21.8 Å². The van der Waals surface area contributed by atoms with Gasteiger partial charge in [-0.05, 0) is 44.2 Å². The average Bonchev–Trinajstić information content (AvgIpc) is 2.90. The SMILES string of the molecule is CN(Cc1nnc(C(=O)Nc2ccc(Cl)cc2)s1)C1CCCCCC1. The predicted molar refractivity (Wildman–Crippen MR) is 102 cm³/mol. The summed E-state index contributed by atoms with van der Waals surface area (Å²) in [6, 6.07) is 7.62. The first-order chi connectivity index (χ1) is 12.1. The summed E-state index contributed by atoms with van der Waals surface area (Å²) in [4.78, 5) is 14.6. The molecule has 134 valence electrons. The van der Waals surface area contributed by atoms with Gasteiger partial charge in [0.15, 0.2) is 0 Å². The first-order valence-electron chi connectivity index (χ1n) is 8.71. The first kappa shape index (κ1) is 18.3. The highest BCUT2D eigenvalue weighted by atomic mass is 35.5. The number of rotatable bonds is 5. The van der Waals surface area contributed by atoms with E-state index in [0.717, 1.165) is 11.6 Å². The van der Waals surface area contributed by atoms with Gasteiger partial charge in [-0.1, -0.05) is 48.6 Å². The molecule has 1 fully saturated rings. The van der Waals surface area contributed by atoms with E-state index in [1.54, 1.807) is 24.3 Å². The van der Waals surface area contributed by atoms with E-state index in [-0.39, 0.29) is 5.91 Å². The Labute approximate surface area is 157 Å². The fourth-order valence-corrected chi connectivity index (χ4v) is 4.09. The lowest BCUT2D eigenvalue weighted by Gasteiger charge is -2.25. The molecule has 2 aromatic rings. The zero-order valence-electron chi connectivity index (χ0n) is 14.4. The molecule has 1 amide bonds. The molecule has 0 bridgehead atoms. The third-order valence-electron chi connectivity index (χ3n) is 4.60. The lowest BCUT2D eigenvalue weighted by atomic mass is 10.1. The minimum Gasteiger partial charge on any atom is -0.320 e. The summed E-state index contributed by atoms with van der Waals surface area (Å²) in [7, 11) is 2.14. The van der Waals surface area contributed by atoms with Crippen molar-refractivity contribution in [1.82, 2.24) is 15.1 Å². The third-order valence-corrected chi connectivity index (χ3v) is 5.75. The number of nitrogens with zero attached hydrogens (tertiary/aromatic N) is 3.